The fourth-order valence-electron chi connectivity index (χ4n) is 3.76. The van der Waals surface area contributed by atoms with Crippen LogP contribution in [0, 0.1) is 12.8 Å². The third-order valence-corrected chi connectivity index (χ3v) is 5.24. The first kappa shape index (κ1) is 22.4. The zero-order valence-corrected chi connectivity index (χ0v) is 19.3. The van der Waals surface area contributed by atoms with Gasteiger partial charge in [-0.2, -0.15) is 0 Å². The number of fused-ring (bicyclic) bond motifs is 1. The Labute approximate surface area is 181 Å². The normalized spacial score (nSPS) is 19.3. The van der Waals surface area contributed by atoms with Gasteiger partial charge in [0.05, 0.1) is 11.6 Å². The molecular formula is C22H28INO2S. The van der Waals surface area contributed by atoms with Crippen LogP contribution < -0.4 is 0 Å². The molecule has 3 nitrogen and oxygen atoms in total. The van der Waals surface area contributed by atoms with Crippen LogP contribution in [-0.4, -0.2) is 27.4 Å². The predicted octanol–water partition coefficient (Wildman–Crippen LogP) is 6.26. The molecule has 1 aliphatic carbocycles. The summed E-state index contributed by atoms with van der Waals surface area (Å²) < 4.78 is 6.97. The van der Waals surface area contributed by atoms with Gasteiger partial charge in [0.25, 0.3) is 0 Å². The van der Waals surface area contributed by atoms with Gasteiger partial charge in [0, 0.05) is 33.0 Å². The number of hydrogen-bond acceptors (Lipinski definition) is 4. The molecule has 1 heterocycles. The molecule has 2 aromatic rings. The van der Waals surface area contributed by atoms with Crippen LogP contribution in [0.1, 0.15) is 60.6 Å². The first-order valence-electron chi connectivity index (χ1n) is 9.55. The number of carbonyl (C=O) groups is 1. The van der Waals surface area contributed by atoms with Gasteiger partial charge >= 0.3 is 0 Å². The number of methoxy groups -OCH3 is 1. The van der Waals surface area contributed by atoms with Crippen molar-refractivity contribution in [2.45, 2.75) is 58.5 Å². The van der Waals surface area contributed by atoms with E-state index in [4.69, 9.17) is 9.72 Å². The minimum absolute atomic E-state index is 0.139. The number of aryl methyl sites for hydroxylation is 2. The van der Waals surface area contributed by atoms with E-state index in [9.17, 15) is 4.79 Å². The number of Topliss-reactive ketones (excluding diaryl/α,β-unsaturated/α-hetero) is 1. The Kier molecular flexibility index (Phi) is 9.26. The van der Waals surface area contributed by atoms with E-state index in [-0.39, 0.29) is 5.92 Å². The van der Waals surface area contributed by atoms with E-state index in [1.54, 1.807) is 10.5 Å². The van der Waals surface area contributed by atoms with Gasteiger partial charge < -0.3 is 4.74 Å². The maximum atomic E-state index is 13.0. The number of benzene rings is 1. The summed E-state index contributed by atoms with van der Waals surface area (Å²) >= 11 is 6.23. The van der Waals surface area contributed by atoms with Gasteiger partial charge in [-0.25, -0.2) is 0 Å². The Morgan fingerprint density at radius 1 is 1.30 bits per heavy atom. The van der Waals surface area contributed by atoms with E-state index < -0.39 is 0 Å². The van der Waals surface area contributed by atoms with Crippen molar-refractivity contribution in [3.63, 3.8) is 0 Å². The fourth-order valence-corrected chi connectivity index (χ4v) is 3.76. The van der Waals surface area contributed by atoms with Gasteiger partial charge in [0.2, 0.25) is 0 Å². The van der Waals surface area contributed by atoms with Crippen molar-refractivity contribution >= 4 is 54.9 Å². The van der Waals surface area contributed by atoms with Crippen molar-refractivity contribution < 1.29 is 9.53 Å². The second-order valence-electron chi connectivity index (χ2n) is 7.08. The first-order chi connectivity index (χ1) is 13.0. The lowest BCUT2D eigenvalue weighted by Crippen LogP contribution is -2.26. The number of pyridine rings is 1. The zero-order chi connectivity index (χ0) is 19.8. The quantitative estimate of drug-likeness (QED) is 0.212. The molecule has 1 aromatic carbocycles. The second kappa shape index (κ2) is 11.2. The van der Waals surface area contributed by atoms with E-state index in [0.717, 1.165) is 66.2 Å². The number of carbonyl (C=O) groups excluding carboxylic acids is 1. The number of ether oxygens (including phenoxy) is 1. The number of ketones is 1. The standard InChI is InChI=1S/C21H27NO2.CHIS/c1-4-5-17-9-6-16-13-19(14(2)12-20(16)22-17)21(23)15-7-10-18(24-3)11-8-15;2-1-3/h6,9,12-13,15,18H,4-5,7-8,10-11H2,1-3H3;1H. The smallest absolute Gasteiger partial charge is 0.166 e. The van der Waals surface area contributed by atoms with Crippen molar-refractivity contribution in [2.75, 3.05) is 7.11 Å². The van der Waals surface area contributed by atoms with Crippen molar-refractivity contribution in [3.8, 4) is 0 Å². The minimum Gasteiger partial charge on any atom is -0.381 e. The highest BCUT2D eigenvalue weighted by molar-refractivity contribution is 14.1. The van der Waals surface area contributed by atoms with Gasteiger partial charge in [0.15, 0.2) is 5.78 Å². The maximum absolute atomic E-state index is 13.0. The molecule has 0 amide bonds. The molecule has 0 atom stereocenters. The maximum Gasteiger partial charge on any atom is 0.166 e. The summed E-state index contributed by atoms with van der Waals surface area (Å²) in [6, 6.07) is 8.30. The summed E-state index contributed by atoms with van der Waals surface area (Å²) in [6.45, 7) is 4.19. The molecule has 146 valence electrons. The summed E-state index contributed by atoms with van der Waals surface area (Å²) in [6.07, 6.45) is 6.26. The minimum atomic E-state index is 0.139. The molecule has 0 saturated heterocycles. The molecule has 0 aliphatic heterocycles. The number of nitrogens with zero attached hydrogens (tertiary/aromatic N) is 1. The van der Waals surface area contributed by atoms with Crippen molar-refractivity contribution in [1.82, 2.24) is 4.98 Å². The lowest BCUT2D eigenvalue weighted by molar-refractivity contribution is 0.0519. The Balaban J connectivity index is 0.000000817. The van der Waals surface area contributed by atoms with E-state index in [1.165, 1.54) is 0 Å². The molecule has 1 aliphatic rings. The highest BCUT2D eigenvalue weighted by Crippen LogP contribution is 2.30. The van der Waals surface area contributed by atoms with Crippen LogP contribution in [-0.2, 0) is 11.2 Å². The van der Waals surface area contributed by atoms with E-state index in [1.807, 2.05) is 35.6 Å². The average molecular weight is 497 g/mol. The van der Waals surface area contributed by atoms with Gasteiger partial charge in [-0.15, -0.1) is 0 Å². The number of thiocarbonyl (C=S) groups is 1. The summed E-state index contributed by atoms with van der Waals surface area (Å²) in [5, 5.41) is 1.06. The van der Waals surface area contributed by atoms with Crippen LogP contribution in [0.4, 0.5) is 0 Å². The summed E-state index contributed by atoms with van der Waals surface area (Å²) in [7, 11) is 1.76. The number of rotatable bonds is 5. The molecule has 5 heteroatoms. The molecule has 1 fully saturated rings. The number of aromatic nitrogens is 1. The lowest BCUT2D eigenvalue weighted by atomic mass is 9.81. The second-order valence-corrected chi connectivity index (χ2v) is 8.78. The molecule has 1 saturated carbocycles. The Morgan fingerprint density at radius 3 is 2.56 bits per heavy atom. The molecule has 0 unspecified atom stereocenters. The molecule has 27 heavy (non-hydrogen) atoms. The van der Waals surface area contributed by atoms with Crippen molar-refractivity contribution in [2.24, 2.45) is 5.92 Å². The van der Waals surface area contributed by atoms with Crippen LogP contribution in [0.5, 0.6) is 0 Å². The highest BCUT2D eigenvalue weighted by atomic mass is 127. The van der Waals surface area contributed by atoms with Crippen LogP contribution in [0.15, 0.2) is 24.3 Å². The summed E-state index contributed by atoms with van der Waals surface area (Å²) in [4.78, 5) is 17.7. The third-order valence-electron chi connectivity index (χ3n) is 5.24. The van der Waals surface area contributed by atoms with E-state index >= 15 is 0 Å². The van der Waals surface area contributed by atoms with Crippen molar-refractivity contribution in [1.29, 1.82) is 0 Å². The monoisotopic (exact) mass is 497 g/mol. The van der Waals surface area contributed by atoms with Crippen LogP contribution in [0.2, 0.25) is 0 Å². The highest BCUT2D eigenvalue weighted by Gasteiger charge is 2.27. The third kappa shape index (κ3) is 6.03. The van der Waals surface area contributed by atoms with Gasteiger partial charge in [0.1, 0.15) is 0 Å². The molecule has 1 aromatic heterocycles. The van der Waals surface area contributed by atoms with Crippen LogP contribution >= 0.6 is 34.8 Å². The SMILES string of the molecule is CCCc1ccc2cc(C(=O)C3CCC(OC)CC3)c(C)cc2n1.S=CI. The lowest BCUT2D eigenvalue weighted by Gasteiger charge is -2.27. The molecule has 0 bridgehead atoms. The average Bonchev–Trinajstić information content (AvgIpc) is 2.68. The predicted molar refractivity (Wildman–Crippen MR) is 125 cm³/mol. The first-order valence-corrected chi connectivity index (χ1v) is 11.3. The molecule has 3 rings (SSSR count). The molecule has 0 N–H and O–H groups in total. The van der Waals surface area contributed by atoms with Crippen molar-refractivity contribution in [3.05, 3.63) is 41.1 Å². The summed E-state index contributed by atoms with van der Waals surface area (Å²) in [5.74, 6) is 0.432. The number of hydrogen-bond donors (Lipinski definition) is 0. The largest absolute Gasteiger partial charge is 0.381 e. The van der Waals surface area contributed by atoms with Gasteiger partial charge in [-0.1, -0.05) is 31.6 Å². The zero-order valence-electron chi connectivity index (χ0n) is 16.3. The van der Waals surface area contributed by atoms with Gasteiger partial charge in [-0.05, 0) is 85.4 Å². The van der Waals surface area contributed by atoms with Crippen LogP contribution in [0.3, 0.4) is 0 Å². The summed E-state index contributed by atoms with van der Waals surface area (Å²) in [5.41, 5.74) is 4.04. The molecule has 0 radical (unpaired) electrons. The Bertz CT molecular complexity index is 785. The topological polar surface area (TPSA) is 39.2 Å². The fraction of sp³-hybridized carbons (Fsp3) is 0.500. The Morgan fingerprint density at radius 2 is 1.96 bits per heavy atom. The Hall–Kier alpha value is -0.920. The number of halogens is 1. The molecular weight excluding hydrogens is 469 g/mol. The van der Waals surface area contributed by atoms with Gasteiger partial charge in [-0.3, -0.25) is 9.78 Å². The van der Waals surface area contributed by atoms with Crippen LogP contribution in [0.25, 0.3) is 10.9 Å². The van der Waals surface area contributed by atoms with E-state index in [2.05, 4.69) is 37.3 Å². The molecule has 0 spiro atoms. The van der Waals surface area contributed by atoms with E-state index in [0.29, 0.717) is 11.9 Å².